The molecule has 1 aliphatic heterocycles. The molecule has 2 nitrogen and oxygen atoms in total. The molecule has 0 spiro atoms. The Morgan fingerprint density at radius 1 is 1.37 bits per heavy atom. The van der Waals surface area contributed by atoms with Gasteiger partial charge in [-0.25, -0.2) is 0 Å². The van der Waals surface area contributed by atoms with E-state index in [0.717, 1.165) is 12.5 Å². The quantitative estimate of drug-likeness (QED) is 0.908. The van der Waals surface area contributed by atoms with Crippen LogP contribution in [0.15, 0.2) is 24.3 Å². The van der Waals surface area contributed by atoms with Gasteiger partial charge in [-0.1, -0.05) is 25.1 Å². The van der Waals surface area contributed by atoms with E-state index in [0.29, 0.717) is 25.3 Å². The fourth-order valence-electron chi connectivity index (χ4n) is 2.59. The van der Waals surface area contributed by atoms with Gasteiger partial charge in [0.1, 0.15) is 0 Å². The van der Waals surface area contributed by atoms with Gasteiger partial charge in [-0.3, -0.25) is 0 Å². The van der Waals surface area contributed by atoms with E-state index in [4.69, 9.17) is 4.74 Å². The minimum absolute atomic E-state index is 0.100. The summed E-state index contributed by atoms with van der Waals surface area (Å²) in [5.74, 6) is 0.100. The summed E-state index contributed by atoms with van der Waals surface area (Å²) in [4.78, 5) is 0. The number of hydrogen-bond donors (Lipinski definition) is 1. The van der Waals surface area contributed by atoms with Crippen molar-refractivity contribution in [1.29, 1.82) is 0 Å². The lowest BCUT2D eigenvalue weighted by Gasteiger charge is -2.26. The van der Waals surface area contributed by atoms with E-state index < -0.39 is 11.7 Å². The summed E-state index contributed by atoms with van der Waals surface area (Å²) in [7, 11) is 0. The van der Waals surface area contributed by atoms with Crippen LogP contribution in [0.4, 0.5) is 13.2 Å². The first-order chi connectivity index (χ1) is 9.04. The third-order valence-corrected chi connectivity index (χ3v) is 3.46. The van der Waals surface area contributed by atoms with Crippen LogP contribution in [-0.2, 0) is 10.9 Å². The molecule has 1 fully saturated rings. The summed E-state index contributed by atoms with van der Waals surface area (Å²) < 4.78 is 44.5. The first kappa shape index (κ1) is 14.3. The predicted octanol–water partition coefficient (Wildman–Crippen LogP) is 3.39. The highest BCUT2D eigenvalue weighted by Crippen LogP contribution is 2.38. The van der Waals surface area contributed by atoms with Crippen molar-refractivity contribution in [2.45, 2.75) is 25.6 Å². The van der Waals surface area contributed by atoms with Crippen LogP contribution in [0.2, 0.25) is 0 Å². The second-order valence-corrected chi connectivity index (χ2v) is 4.74. The maximum Gasteiger partial charge on any atom is 0.416 e. The average molecular weight is 273 g/mol. The standard InChI is InChI=1S/C14H18F3NO/c1-2-18-13(10-7-8-19-9-10)11-5-3-4-6-12(11)14(15,16)17/h3-6,10,13,18H,2,7-9H2,1H3. The van der Waals surface area contributed by atoms with E-state index >= 15 is 0 Å². The largest absolute Gasteiger partial charge is 0.416 e. The molecule has 1 heterocycles. The Kier molecular flexibility index (Phi) is 4.47. The molecular formula is C14H18F3NO. The first-order valence-electron chi connectivity index (χ1n) is 6.51. The normalized spacial score (nSPS) is 21.6. The van der Waals surface area contributed by atoms with Crippen LogP contribution in [0.3, 0.4) is 0 Å². The van der Waals surface area contributed by atoms with Crippen molar-refractivity contribution in [3.63, 3.8) is 0 Å². The first-order valence-corrected chi connectivity index (χ1v) is 6.51. The van der Waals surface area contributed by atoms with Gasteiger partial charge < -0.3 is 10.1 Å². The molecule has 1 saturated heterocycles. The summed E-state index contributed by atoms with van der Waals surface area (Å²) in [6, 6.07) is 5.50. The molecule has 0 saturated carbocycles. The highest BCUT2D eigenvalue weighted by Gasteiger charge is 2.37. The molecule has 1 aromatic rings. The van der Waals surface area contributed by atoms with E-state index in [9.17, 15) is 13.2 Å². The highest BCUT2D eigenvalue weighted by atomic mass is 19.4. The Morgan fingerprint density at radius 3 is 2.68 bits per heavy atom. The van der Waals surface area contributed by atoms with Crippen LogP contribution in [0.25, 0.3) is 0 Å². The van der Waals surface area contributed by atoms with E-state index in [1.807, 2.05) is 6.92 Å². The van der Waals surface area contributed by atoms with E-state index in [1.54, 1.807) is 12.1 Å². The molecular weight excluding hydrogens is 255 g/mol. The van der Waals surface area contributed by atoms with Crippen molar-refractivity contribution in [2.75, 3.05) is 19.8 Å². The van der Waals surface area contributed by atoms with Crippen molar-refractivity contribution in [3.8, 4) is 0 Å². The van der Waals surface area contributed by atoms with Crippen molar-refractivity contribution in [1.82, 2.24) is 5.32 Å². The molecule has 1 aliphatic rings. The fourth-order valence-corrected chi connectivity index (χ4v) is 2.59. The smallest absolute Gasteiger partial charge is 0.381 e. The average Bonchev–Trinajstić information content (AvgIpc) is 2.88. The zero-order valence-electron chi connectivity index (χ0n) is 10.8. The molecule has 0 aliphatic carbocycles. The van der Waals surface area contributed by atoms with Gasteiger partial charge in [0.25, 0.3) is 0 Å². The topological polar surface area (TPSA) is 21.3 Å². The molecule has 1 N–H and O–H groups in total. The molecule has 19 heavy (non-hydrogen) atoms. The Bertz CT molecular complexity index is 413. The summed E-state index contributed by atoms with van der Waals surface area (Å²) >= 11 is 0. The number of rotatable bonds is 4. The van der Waals surface area contributed by atoms with Crippen LogP contribution in [0.1, 0.15) is 30.5 Å². The molecule has 2 atom stereocenters. The van der Waals surface area contributed by atoms with Gasteiger partial charge in [0.2, 0.25) is 0 Å². The third-order valence-electron chi connectivity index (χ3n) is 3.46. The second-order valence-electron chi connectivity index (χ2n) is 4.74. The van der Waals surface area contributed by atoms with Crippen LogP contribution in [-0.4, -0.2) is 19.8 Å². The third kappa shape index (κ3) is 3.28. The van der Waals surface area contributed by atoms with E-state index in [1.165, 1.54) is 6.07 Å². The van der Waals surface area contributed by atoms with Crippen molar-refractivity contribution < 1.29 is 17.9 Å². The number of ether oxygens (including phenoxy) is 1. The maximum atomic E-state index is 13.1. The van der Waals surface area contributed by atoms with Crippen molar-refractivity contribution in [2.24, 2.45) is 5.92 Å². The molecule has 1 aromatic carbocycles. The summed E-state index contributed by atoms with van der Waals surface area (Å²) in [6.45, 7) is 3.68. The fraction of sp³-hybridized carbons (Fsp3) is 0.571. The van der Waals surface area contributed by atoms with Gasteiger partial charge in [-0.2, -0.15) is 13.2 Å². The molecule has 0 amide bonds. The Labute approximate surface area is 111 Å². The van der Waals surface area contributed by atoms with Crippen LogP contribution < -0.4 is 5.32 Å². The van der Waals surface area contributed by atoms with Crippen molar-refractivity contribution >= 4 is 0 Å². The van der Waals surface area contributed by atoms with Gasteiger partial charge in [0.15, 0.2) is 0 Å². The molecule has 0 bridgehead atoms. The Morgan fingerprint density at radius 2 is 2.11 bits per heavy atom. The number of benzene rings is 1. The maximum absolute atomic E-state index is 13.1. The number of hydrogen-bond acceptors (Lipinski definition) is 2. The SMILES string of the molecule is CCNC(c1ccccc1C(F)(F)F)C1CCOC1. The number of alkyl halides is 3. The summed E-state index contributed by atoms with van der Waals surface area (Å²) in [6.07, 6.45) is -3.52. The zero-order valence-corrected chi connectivity index (χ0v) is 10.8. The Balaban J connectivity index is 2.35. The van der Waals surface area contributed by atoms with Crippen LogP contribution in [0, 0.1) is 5.92 Å². The van der Waals surface area contributed by atoms with E-state index in [2.05, 4.69) is 5.32 Å². The van der Waals surface area contributed by atoms with Gasteiger partial charge >= 0.3 is 6.18 Å². The lowest BCUT2D eigenvalue weighted by Crippen LogP contribution is -2.30. The highest BCUT2D eigenvalue weighted by molar-refractivity contribution is 5.33. The minimum Gasteiger partial charge on any atom is -0.381 e. The van der Waals surface area contributed by atoms with Crippen LogP contribution >= 0.6 is 0 Å². The van der Waals surface area contributed by atoms with Gasteiger partial charge in [-0.15, -0.1) is 0 Å². The van der Waals surface area contributed by atoms with Gasteiger partial charge in [-0.05, 0) is 24.6 Å². The Hall–Kier alpha value is -1.07. The van der Waals surface area contributed by atoms with Crippen LogP contribution in [0.5, 0.6) is 0 Å². The number of halogens is 3. The van der Waals surface area contributed by atoms with Gasteiger partial charge in [0, 0.05) is 18.6 Å². The monoisotopic (exact) mass is 273 g/mol. The van der Waals surface area contributed by atoms with E-state index in [-0.39, 0.29) is 12.0 Å². The lowest BCUT2D eigenvalue weighted by molar-refractivity contribution is -0.138. The zero-order chi connectivity index (χ0) is 13.9. The van der Waals surface area contributed by atoms with Crippen molar-refractivity contribution in [3.05, 3.63) is 35.4 Å². The molecule has 106 valence electrons. The predicted molar refractivity (Wildman–Crippen MR) is 66.8 cm³/mol. The molecule has 0 aromatic heterocycles. The summed E-state index contributed by atoms with van der Waals surface area (Å²) in [5, 5.41) is 3.17. The molecule has 2 rings (SSSR count). The number of nitrogens with one attached hydrogen (secondary N) is 1. The molecule has 5 heteroatoms. The molecule has 0 radical (unpaired) electrons. The summed E-state index contributed by atoms with van der Waals surface area (Å²) in [5.41, 5.74) is -0.222. The van der Waals surface area contributed by atoms with Gasteiger partial charge in [0.05, 0.1) is 12.2 Å². The lowest BCUT2D eigenvalue weighted by atomic mass is 9.89. The second kappa shape index (κ2) is 5.92. The molecule has 2 unspecified atom stereocenters. The minimum atomic E-state index is -4.32.